The predicted molar refractivity (Wildman–Crippen MR) is 66.7 cm³/mol. The average molecular weight is 296 g/mol. The van der Waals surface area contributed by atoms with E-state index >= 15 is 0 Å². The number of hydrogen-bond donors (Lipinski definition) is 2. The third-order valence-corrected chi connectivity index (χ3v) is 2.56. The van der Waals surface area contributed by atoms with Crippen LogP contribution in [0.1, 0.15) is 6.92 Å². The minimum Gasteiger partial charge on any atom is -0.373 e. The van der Waals surface area contributed by atoms with Crippen LogP contribution in [0.3, 0.4) is 0 Å². The van der Waals surface area contributed by atoms with Gasteiger partial charge in [0.15, 0.2) is 0 Å². The van der Waals surface area contributed by atoms with Gasteiger partial charge in [-0.25, -0.2) is 4.79 Å². The van der Waals surface area contributed by atoms with Crippen LogP contribution in [-0.2, 0) is 18.8 Å². The first kappa shape index (κ1) is 16.1. The van der Waals surface area contributed by atoms with Gasteiger partial charge in [0.2, 0.25) is 0 Å². The van der Waals surface area contributed by atoms with Gasteiger partial charge < -0.3 is 10.6 Å². The van der Waals surface area contributed by atoms with Gasteiger partial charge in [-0.1, -0.05) is 0 Å². The molecule has 1 atom stereocenters. The summed E-state index contributed by atoms with van der Waals surface area (Å²) in [6.45, 7) is 1.09. The van der Waals surface area contributed by atoms with Gasteiger partial charge in [0.25, 0.3) is 5.56 Å². The number of nitrogens with one attached hydrogen (secondary N) is 2. The van der Waals surface area contributed by atoms with Crippen molar-refractivity contribution in [3.63, 3.8) is 0 Å². The Bertz CT molecular complexity index is 605. The van der Waals surface area contributed by atoms with Crippen molar-refractivity contribution in [1.29, 1.82) is 0 Å². The largest absolute Gasteiger partial charge is 0.524 e. The second-order valence-corrected chi connectivity index (χ2v) is 4.03. The molecule has 114 valence electrons. The lowest BCUT2D eigenvalue weighted by Gasteiger charge is -2.20. The van der Waals surface area contributed by atoms with E-state index in [0.717, 1.165) is 16.1 Å². The third kappa shape index (κ3) is 3.32. The number of hydrogen-bond acceptors (Lipinski definition) is 5. The normalized spacial score (nSPS) is 13.2. The number of anilines is 2. The zero-order chi connectivity index (χ0) is 15.7. The molecule has 1 aromatic rings. The van der Waals surface area contributed by atoms with E-state index in [0.29, 0.717) is 0 Å². The summed E-state index contributed by atoms with van der Waals surface area (Å²) in [5.41, 5.74) is -1.54. The van der Waals surface area contributed by atoms with Gasteiger partial charge in [-0.05, 0) is 6.92 Å². The summed E-state index contributed by atoms with van der Waals surface area (Å²) < 4.78 is 41.9. The zero-order valence-corrected chi connectivity index (χ0v) is 11.3. The molecule has 7 nitrogen and oxygen atoms in total. The molecule has 2 N–H and O–H groups in total. The maximum Gasteiger partial charge on any atom is 0.524 e. The first-order valence-corrected chi connectivity index (χ1v) is 5.57. The monoisotopic (exact) mass is 296 g/mol. The second kappa shape index (κ2) is 5.57. The van der Waals surface area contributed by atoms with Crippen LogP contribution in [0, 0.1) is 0 Å². The fourth-order valence-electron chi connectivity index (χ4n) is 1.70. The highest BCUT2D eigenvalue weighted by molar-refractivity contribution is 5.63. The summed E-state index contributed by atoms with van der Waals surface area (Å²) in [7, 11) is 4.05. The number of halogens is 3. The fraction of sp³-hybridized carbons (Fsp3) is 0.600. The van der Waals surface area contributed by atoms with E-state index in [1.54, 1.807) is 0 Å². The zero-order valence-electron chi connectivity index (χ0n) is 11.3. The van der Waals surface area contributed by atoms with Gasteiger partial charge >= 0.3 is 12.1 Å². The van der Waals surface area contributed by atoms with E-state index in [2.05, 4.69) is 15.4 Å². The Labute approximate surface area is 112 Å². The first-order chi connectivity index (χ1) is 9.08. The molecule has 0 aromatic carbocycles. The molecule has 0 saturated heterocycles. The maximum atomic E-state index is 12.1. The van der Waals surface area contributed by atoms with Gasteiger partial charge in [-0.3, -0.25) is 18.7 Å². The fourth-order valence-corrected chi connectivity index (χ4v) is 1.70. The molecular weight excluding hydrogens is 281 g/mol. The Morgan fingerprint density at radius 3 is 2.20 bits per heavy atom. The topological polar surface area (TPSA) is 77.3 Å². The summed E-state index contributed by atoms with van der Waals surface area (Å²) >= 11 is 0. The van der Waals surface area contributed by atoms with Gasteiger partial charge in [-0.2, -0.15) is 0 Å². The highest BCUT2D eigenvalue weighted by atomic mass is 19.4. The number of alkyl halides is 3. The van der Waals surface area contributed by atoms with Crippen LogP contribution >= 0.6 is 0 Å². The number of rotatable bonds is 4. The lowest BCUT2D eigenvalue weighted by molar-refractivity contribution is -0.336. The molecule has 0 aliphatic carbocycles. The van der Waals surface area contributed by atoms with E-state index in [1.165, 1.54) is 21.1 Å². The van der Waals surface area contributed by atoms with Crippen molar-refractivity contribution in [3.8, 4) is 0 Å². The molecule has 1 heterocycles. The lowest BCUT2D eigenvalue weighted by Crippen LogP contribution is -2.41. The van der Waals surface area contributed by atoms with Crippen molar-refractivity contribution in [2.75, 3.05) is 17.7 Å². The van der Waals surface area contributed by atoms with Gasteiger partial charge in [0.05, 0.1) is 0 Å². The molecule has 20 heavy (non-hydrogen) atoms. The molecule has 0 aliphatic heterocycles. The summed E-state index contributed by atoms with van der Waals surface area (Å²) in [5, 5.41) is 4.89. The second-order valence-electron chi connectivity index (χ2n) is 4.03. The van der Waals surface area contributed by atoms with Crippen LogP contribution in [-0.4, -0.2) is 28.8 Å². The van der Waals surface area contributed by atoms with E-state index < -0.39 is 23.8 Å². The Morgan fingerprint density at radius 1 is 1.20 bits per heavy atom. The molecule has 0 aliphatic rings. The van der Waals surface area contributed by atoms with E-state index in [9.17, 15) is 22.8 Å². The Morgan fingerprint density at radius 2 is 1.75 bits per heavy atom. The summed E-state index contributed by atoms with van der Waals surface area (Å²) in [6, 6.07) is 0. The average Bonchev–Trinajstić information content (AvgIpc) is 2.31. The van der Waals surface area contributed by atoms with Crippen LogP contribution in [0.5, 0.6) is 0 Å². The highest BCUT2D eigenvalue weighted by Gasteiger charge is 2.32. The van der Waals surface area contributed by atoms with Crippen LogP contribution in [0.15, 0.2) is 9.59 Å². The molecule has 1 unspecified atom stereocenters. The van der Waals surface area contributed by atoms with Crippen molar-refractivity contribution < 1.29 is 17.9 Å². The molecule has 0 radical (unpaired) electrons. The SMILES string of the molecule is CNc1c(NC(C)OC(F)(F)F)c(=O)n(C)c(=O)n1C. The molecule has 10 heteroatoms. The van der Waals surface area contributed by atoms with Crippen molar-refractivity contribution in [1.82, 2.24) is 9.13 Å². The first-order valence-electron chi connectivity index (χ1n) is 5.57. The van der Waals surface area contributed by atoms with Gasteiger partial charge in [-0.15, -0.1) is 13.2 Å². The number of ether oxygens (including phenoxy) is 1. The standard InChI is InChI=1S/C10H15F3N4O3/c1-5(20-10(11,12)13)15-6-7(14-2)16(3)9(19)17(4)8(6)18/h5,14-15H,1-4H3. The molecule has 0 saturated carbocycles. The van der Waals surface area contributed by atoms with Crippen LogP contribution in [0.25, 0.3) is 0 Å². The van der Waals surface area contributed by atoms with E-state index in [1.807, 2.05) is 0 Å². The molecule has 0 amide bonds. The highest BCUT2D eigenvalue weighted by Crippen LogP contribution is 2.21. The smallest absolute Gasteiger partial charge is 0.373 e. The minimum absolute atomic E-state index is 0.0655. The number of aromatic nitrogens is 2. The van der Waals surface area contributed by atoms with Crippen LogP contribution in [0.2, 0.25) is 0 Å². The van der Waals surface area contributed by atoms with E-state index in [4.69, 9.17) is 0 Å². The molecule has 1 aromatic heterocycles. The predicted octanol–water partition coefficient (Wildman–Crippen LogP) is 0.420. The van der Waals surface area contributed by atoms with E-state index in [-0.39, 0.29) is 11.5 Å². The summed E-state index contributed by atoms with van der Waals surface area (Å²) in [4.78, 5) is 23.6. The quantitative estimate of drug-likeness (QED) is 0.788. The van der Waals surface area contributed by atoms with Crippen molar-refractivity contribution in [3.05, 3.63) is 20.8 Å². The minimum atomic E-state index is -4.84. The molecule has 1 rings (SSSR count). The molecule has 0 fully saturated rings. The van der Waals surface area contributed by atoms with Crippen molar-refractivity contribution in [2.45, 2.75) is 19.5 Å². The van der Waals surface area contributed by atoms with Crippen molar-refractivity contribution in [2.24, 2.45) is 14.1 Å². The molecule has 0 spiro atoms. The summed E-state index contributed by atoms with van der Waals surface area (Å²) in [6.07, 6.45) is -6.33. The number of nitrogens with zero attached hydrogens (tertiary/aromatic N) is 2. The van der Waals surface area contributed by atoms with Crippen LogP contribution < -0.4 is 21.9 Å². The molecule has 0 bridgehead atoms. The van der Waals surface area contributed by atoms with Gasteiger partial charge in [0, 0.05) is 21.1 Å². The van der Waals surface area contributed by atoms with Gasteiger partial charge in [0.1, 0.15) is 17.7 Å². The Balaban J connectivity index is 3.25. The Kier molecular flexibility index (Phi) is 4.48. The van der Waals surface area contributed by atoms with Crippen molar-refractivity contribution >= 4 is 11.5 Å². The maximum absolute atomic E-state index is 12.1. The Hall–Kier alpha value is -1.97. The summed E-state index contributed by atoms with van der Waals surface area (Å²) in [5.74, 6) is 0.0655. The molecular formula is C10H15F3N4O3. The van der Waals surface area contributed by atoms with Crippen LogP contribution in [0.4, 0.5) is 24.7 Å². The lowest BCUT2D eigenvalue weighted by atomic mass is 10.4. The third-order valence-electron chi connectivity index (χ3n) is 2.56.